The van der Waals surface area contributed by atoms with Gasteiger partial charge < -0.3 is 19.5 Å². The molecule has 0 radical (unpaired) electrons. The van der Waals surface area contributed by atoms with E-state index >= 15 is 0 Å². The summed E-state index contributed by atoms with van der Waals surface area (Å²) in [6, 6.07) is 8.92. The highest BCUT2D eigenvalue weighted by Gasteiger charge is 2.23. The molecule has 31 heavy (non-hydrogen) atoms. The lowest BCUT2D eigenvalue weighted by atomic mass is 9.87. The van der Waals surface area contributed by atoms with Gasteiger partial charge in [-0.1, -0.05) is 31.2 Å². The Morgan fingerprint density at radius 3 is 2.55 bits per heavy atom. The molecule has 2 aliphatic rings. The van der Waals surface area contributed by atoms with E-state index in [9.17, 15) is 0 Å². The van der Waals surface area contributed by atoms with Crippen molar-refractivity contribution in [3.05, 3.63) is 36.0 Å². The summed E-state index contributed by atoms with van der Waals surface area (Å²) in [5, 5.41) is 3.53. The lowest BCUT2D eigenvalue weighted by Crippen LogP contribution is -2.26. The first-order valence-electron chi connectivity index (χ1n) is 11.2. The maximum atomic E-state index is 6.27. The van der Waals surface area contributed by atoms with Crippen molar-refractivity contribution in [3.63, 3.8) is 0 Å². The van der Waals surface area contributed by atoms with Gasteiger partial charge in [-0.2, -0.15) is 4.98 Å². The van der Waals surface area contributed by atoms with E-state index in [1.54, 1.807) is 7.11 Å². The number of rotatable bonds is 8. The summed E-state index contributed by atoms with van der Waals surface area (Å²) >= 11 is 0. The van der Waals surface area contributed by atoms with Gasteiger partial charge in [0.25, 0.3) is 0 Å². The smallest absolute Gasteiger partial charge is 0.226 e. The quantitative estimate of drug-likeness (QED) is 0.620. The van der Waals surface area contributed by atoms with Gasteiger partial charge in [0.2, 0.25) is 11.8 Å². The predicted octanol–water partition coefficient (Wildman–Crippen LogP) is 4.91. The van der Waals surface area contributed by atoms with Crippen LogP contribution in [-0.4, -0.2) is 49.0 Å². The van der Waals surface area contributed by atoms with E-state index in [2.05, 4.69) is 41.5 Å². The van der Waals surface area contributed by atoms with Crippen molar-refractivity contribution in [1.82, 2.24) is 9.97 Å². The van der Waals surface area contributed by atoms with E-state index in [1.165, 1.54) is 31.2 Å². The number of hydrogen-bond donors (Lipinski definition) is 1. The molecule has 1 aromatic carbocycles. The molecule has 2 fully saturated rings. The molecule has 1 atom stereocenters. The Kier molecular flexibility index (Phi) is 8.93. The molecule has 7 heteroatoms. The minimum atomic E-state index is 0. The third kappa shape index (κ3) is 6.55. The Labute approximate surface area is 191 Å². The largest absolute Gasteiger partial charge is 0.471 e. The van der Waals surface area contributed by atoms with Gasteiger partial charge in [0.15, 0.2) is 0 Å². The monoisotopic (exact) mass is 447 g/mol. The molecule has 2 heterocycles. The molecule has 1 aliphatic heterocycles. The van der Waals surface area contributed by atoms with Crippen LogP contribution in [0.1, 0.15) is 44.6 Å². The van der Waals surface area contributed by atoms with Crippen LogP contribution >= 0.6 is 12.4 Å². The van der Waals surface area contributed by atoms with Crippen LogP contribution in [0.3, 0.4) is 0 Å². The van der Waals surface area contributed by atoms with Crippen molar-refractivity contribution in [3.8, 4) is 17.0 Å². The zero-order valence-corrected chi connectivity index (χ0v) is 19.3. The zero-order chi connectivity index (χ0) is 20.8. The van der Waals surface area contributed by atoms with Crippen LogP contribution in [-0.2, 0) is 15.9 Å². The number of methoxy groups -OCH3 is 1. The summed E-state index contributed by atoms with van der Waals surface area (Å²) < 4.78 is 16.9. The molecule has 170 valence electrons. The van der Waals surface area contributed by atoms with Crippen LogP contribution in [0.25, 0.3) is 11.1 Å². The van der Waals surface area contributed by atoms with E-state index in [-0.39, 0.29) is 18.5 Å². The van der Waals surface area contributed by atoms with E-state index in [0.29, 0.717) is 24.5 Å². The van der Waals surface area contributed by atoms with Crippen molar-refractivity contribution in [2.24, 2.45) is 5.92 Å². The van der Waals surface area contributed by atoms with Gasteiger partial charge in [0, 0.05) is 25.8 Å². The lowest BCUT2D eigenvalue weighted by molar-refractivity contribution is 0.138. The van der Waals surface area contributed by atoms with Crippen LogP contribution in [0.2, 0.25) is 0 Å². The van der Waals surface area contributed by atoms with Gasteiger partial charge in [-0.05, 0) is 49.1 Å². The minimum Gasteiger partial charge on any atom is -0.471 e. The molecule has 2 aromatic rings. The topological polar surface area (TPSA) is 65.5 Å². The fourth-order valence-corrected chi connectivity index (χ4v) is 4.15. The van der Waals surface area contributed by atoms with Gasteiger partial charge >= 0.3 is 0 Å². The van der Waals surface area contributed by atoms with Crippen LogP contribution in [0.15, 0.2) is 30.5 Å². The Morgan fingerprint density at radius 2 is 1.87 bits per heavy atom. The van der Waals surface area contributed by atoms with Crippen molar-refractivity contribution < 1.29 is 14.2 Å². The standard InChI is InChI=1S/C24H33N3O3.ClH/c1-17-3-9-20(10-4-17)26-24-25-15-22(23(27-24)30-21-12-14-29-16-21)19-7-5-18(6-8-19)11-13-28-2;/h5-8,15,17,20-21H,3-4,9-14,16H2,1-2H3,(H,25,26,27);1H. The molecular formula is C24H34ClN3O3. The maximum absolute atomic E-state index is 6.27. The van der Waals surface area contributed by atoms with Gasteiger partial charge in [0.1, 0.15) is 6.10 Å². The lowest BCUT2D eigenvalue weighted by Gasteiger charge is -2.27. The number of anilines is 1. The summed E-state index contributed by atoms with van der Waals surface area (Å²) in [6.07, 6.45) is 8.58. The van der Waals surface area contributed by atoms with Crippen LogP contribution in [0.5, 0.6) is 5.88 Å². The molecule has 0 spiro atoms. The van der Waals surface area contributed by atoms with Crippen molar-refractivity contribution in [2.75, 3.05) is 32.2 Å². The molecule has 1 aliphatic carbocycles. The fraction of sp³-hybridized carbons (Fsp3) is 0.583. The Morgan fingerprint density at radius 1 is 1.10 bits per heavy atom. The average Bonchev–Trinajstić information content (AvgIpc) is 3.28. The first-order chi connectivity index (χ1) is 14.7. The summed E-state index contributed by atoms with van der Waals surface area (Å²) in [7, 11) is 1.73. The van der Waals surface area contributed by atoms with Gasteiger partial charge in [-0.25, -0.2) is 4.98 Å². The zero-order valence-electron chi connectivity index (χ0n) is 18.5. The Balaban J connectivity index is 0.00000272. The predicted molar refractivity (Wildman–Crippen MR) is 125 cm³/mol. The summed E-state index contributed by atoms with van der Waals surface area (Å²) in [5.74, 6) is 2.11. The second kappa shape index (κ2) is 11.7. The van der Waals surface area contributed by atoms with E-state index in [4.69, 9.17) is 19.2 Å². The molecular weight excluding hydrogens is 414 g/mol. The molecule has 6 nitrogen and oxygen atoms in total. The second-order valence-corrected chi connectivity index (χ2v) is 8.56. The number of halogens is 1. The van der Waals surface area contributed by atoms with Gasteiger partial charge in [-0.15, -0.1) is 12.4 Å². The number of ether oxygens (including phenoxy) is 3. The molecule has 1 N–H and O–H groups in total. The molecule has 1 unspecified atom stereocenters. The summed E-state index contributed by atoms with van der Waals surface area (Å²) in [5.41, 5.74) is 3.23. The molecule has 1 saturated heterocycles. The van der Waals surface area contributed by atoms with Crippen molar-refractivity contribution in [1.29, 1.82) is 0 Å². The number of hydrogen-bond acceptors (Lipinski definition) is 6. The van der Waals surface area contributed by atoms with Crippen LogP contribution < -0.4 is 10.1 Å². The Bertz CT molecular complexity index is 804. The van der Waals surface area contributed by atoms with Crippen LogP contribution in [0, 0.1) is 5.92 Å². The number of nitrogens with zero attached hydrogens (tertiary/aromatic N) is 2. The maximum Gasteiger partial charge on any atom is 0.226 e. The van der Waals surface area contributed by atoms with Crippen molar-refractivity contribution >= 4 is 18.4 Å². The molecule has 0 amide bonds. The highest BCUT2D eigenvalue weighted by atomic mass is 35.5. The highest BCUT2D eigenvalue weighted by Crippen LogP contribution is 2.32. The third-order valence-corrected chi connectivity index (χ3v) is 6.13. The van der Waals surface area contributed by atoms with E-state index in [1.807, 2.05) is 6.20 Å². The molecule has 1 aromatic heterocycles. The molecule has 0 bridgehead atoms. The van der Waals surface area contributed by atoms with Crippen LogP contribution in [0.4, 0.5) is 5.95 Å². The van der Waals surface area contributed by atoms with Crippen molar-refractivity contribution in [2.45, 2.75) is 57.6 Å². The van der Waals surface area contributed by atoms with E-state index in [0.717, 1.165) is 43.1 Å². The fourth-order valence-electron chi connectivity index (χ4n) is 4.15. The highest BCUT2D eigenvalue weighted by molar-refractivity contribution is 5.85. The van der Waals surface area contributed by atoms with Gasteiger partial charge in [0.05, 0.1) is 25.4 Å². The average molecular weight is 448 g/mol. The Hall–Kier alpha value is -1.89. The van der Waals surface area contributed by atoms with Gasteiger partial charge in [-0.3, -0.25) is 0 Å². The number of benzene rings is 1. The minimum absolute atomic E-state index is 0. The molecule has 1 saturated carbocycles. The normalized spacial score (nSPS) is 23.2. The second-order valence-electron chi connectivity index (χ2n) is 8.56. The number of nitrogens with one attached hydrogen (secondary N) is 1. The third-order valence-electron chi connectivity index (χ3n) is 6.13. The summed E-state index contributed by atoms with van der Waals surface area (Å²) in [6.45, 7) is 4.41. The number of aromatic nitrogens is 2. The first-order valence-corrected chi connectivity index (χ1v) is 11.2. The first kappa shape index (κ1) is 23.8. The SMILES string of the molecule is COCCc1ccc(-c2cnc(NC3CCC(C)CC3)nc2OC2CCOC2)cc1.Cl. The van der Waals surface area contributed by atoms with E-state index < -0.39 is 0 Å². The molecule has 4 rings (SSSR count). The summed E-state index contributed by atoms with van der Waals surface area (Å²) in [4.78, 5) is 9.40.